The van der Waals surface area contributed by atoms with Crippen molar-refractivity contribution in [2.75, 3.05) is 45.4 Å². The second-order valence-corrected chi connectivity index (χ2v) is 7.32. The lowest BCUT2D eigenvalue weighted by Gasteiger charge is -2.33. The van der Waals surface area contributed by atoms with Gasteiger partial charge in [-0.3, -0.25) is 14.4 Å². The molecule has 0 radical (unpaired) electrons. The third kappa shape index (κ3) is 4.46. The Balaban J connectivity index is 1.71. The van der Waals surface area contributed by atoms with Crippen molar-refractivity contribution in [3.8, 4) is 11.5 Å². The summed E-state index contributed by atoms with van der Waals surface area (Å²) in [7, 11) is 3.10. The molecule has 2 atom stereocenters. The van der Waals surface area contributed by atoms with E-state index in [1.54, 1.807) is 42.0 Å². The van der Waals surface area contributed by atoms with Crippen LogP contribution in [0, 0.1) is 11.8 Å². The Kier molecular flexibility index (Phi) is 6.61. The zero-order valence-electron chi connectivity index (χ0n) is 17.2. The van der Waals surface area contributed by atoms with E-state index in [-0.39, 0.29) is 36.7 Å². The van der Waals surface area contributed by atoms with Crippen molar-refractivity contribution < 1.29 is 28.6 Å². The fraction of sp³-hybridized carbons (Fsp3) is 0.571. The molecule has 0 saturated carbocycles. The van der Waals surface area contributed by atoms with Gasteiger partial charge in [-0.2, -0.15) is 0 Å². The first kappa shape index (κ1) is 21.0. The molecule has 0 unspecified atom stereocenters. The van der Waals surface area contributed by atoms with Gasteiger partial charge in [-0.25, -0.2) is 0 Å². The molecule has 0 aromatic heterocycles. The number of benzene rings is 1. The van der Waals surface area contributed by atoms with Crippen molar-refractivity contribution in [2.45, 2.75) is 26.2 Å². The first-order valence-corrected chi connectivity index (χ1v) is 9.96. The van der Waals surface area contributed by atoms with Crippen LogP contribution in [-0.4, -0.2) is 63.1 Å². The zero-order chi connectivity index (χ0) is 21.0. The Hall–Kier alpha value is -2.77. The molecule has 158 valence electrons. The number of esters is 1. The number of methoxy groups -OCH3 is 2. The number of hydrogen-bond donors (Lipinski definition) is 0. The second-order valence-electron chi connectivity index (χ2n) is 7.32. The normalized spacial score (nSPS) is 21.8. The number of carbonyl (C=O) groups is 3. The van der Waals surface area contributed by atoms with E-state index >= 15 is 0 Å². The number of likely N-dealkylation sites (tertiary alicyclic amines) is 1. The molecule has 2 heterocycles. The predicted octanol–water partition coefficient (Wildman–Crippen LogP) is 1.86. The average Bonchev–Trinajstić information content (AvgIpc) is 3.14. The van der Waals surface area contributed by atoms with Gasteiger partial charge in [0.05, 0.1) is 38.3 Å². The SMILES string of the molecule is CCOC(=O)[C@H]1CCCN(C(=O)[C@H]2CC(=O)N(c3cc(OC)ccc3OC)C2)C1. The molecule has 8 nitrogen and oxygen atoms in total. The summed E-state index contributed by atoms with van der Waals surface area (Å²) in [5.74, 6) is -0.0521. The van der Waals surface area contributed by atoms with E-state index in [0.717, 1.165) is 12.8 Å². The summed E-state index contributed by atoms with van der Waals surface area (Å²) in [5, 5.41) is 0. The largest absolute Gasteiger partial charge is 0.497 e. The number of anilines is 1. The summed E-state index contributed by atoms with van der Waals surface area (Å²) in [6.07, 6.45) is 1.61. The Bertz CT molecular complexity index is 780. The minimum Gasteiger partial charge on any atom is -0.497 e. The minimum atomic E-state index is -0.445. The number of carbonyl (C=O) groups excluding carboxylic acids is 3. The number of ether oxygens (including phenoxy) is 3. The molecule has 0 bridgehead atoms. The summed E-state index contributed by atoms with van der Waals surface area (Å²) in [4.78, 5) is 41.1. The molecule has 8 heteroatoms. The number of amides is 2. The lowest BCUT2D eigenvalue weighted by atomic mass is 9.96. The summed E-state index contributed by atoms with van der Waals surface area (Å²) >= 11 is 0. The van der Waals surface area contributed by atoms with Gasteiger partial charge in [0.1, 0.15) is 11.5 Å². The maximum atomic E-state index is 13.1. The minimum absolute atomic E-state index is 0.0864. The van der Waals surface area contributed by atoms with Crippen LogP contribution in [0.25, 0.3) is 0 Å². The fourth-order valence-corrected chi connectivity index (χ4v) is 4.00. The summed E-state index contributed by atoms with van der Waals surface area (Å²) in [6, 6.07) is 5.24. The molecule has 2 fully saturated rings. The van der Waals surface area contributed by atoms with Crippen LogP contribution >= 0.6 is 0 Å². The lowest BCUT2D eigenvalue weighted by Crippen LogP contribution is -2.45. The van der Waals surface area contributed by atoms with Gasteiger partial charge in [0.25, 0.3) is 0 Å². The molecule has 3 rings (SSSR count). The van der Waals surface area contributed by atoms with Crippen LogP contribution in [0.1, 0.15) is 26.2 Å². The summed E-state index contributed by atoms with van der Waals surface area (Å²) in [6.45, 7) is 3.33. The topological polar surface area (TPSA) is 85.4 Å². The molecular formula is C21H28N2O6. The molecular weight excluding hydrogens is 376 g/mol. The number of hydrogen-bond acceptors (Lipinski definition) is 6. The van der Waals surface area contributed by atoms with Crippen LogP contribution in [0.15, 0.2) is 18.2 Å². The molecule has 1 aromatic rings. The van der Waals surface area contributed by atoms with Gasteiger partial charge in [0, 0.05) is 32.1 Å². The van der Waals surface area contributed by atoms with Crippen molar-refractivity contribution >= 4 is 23.5 Å². The summed E-state index contributed by atoms with van der Waals surface area (Å²) < 4.78 is 15.8. The van der Waals surface area contributed by atoms with Crippen LogP contribution in [0.3, 0.4) is 0 Å². The molecule has 0 aliphatic carbocycles. The highest BCUT2D eigenvalue weighted by molar-refractivity contribution is 6.01. The van der Waals surface area contributed by atoms with Crippen LogP contribution in [-0.2, 0) is 19.1 Å². The number of nitrogens with zero attached hydrogens (tertiary/aromatic N) is 2. The highest BCUT2D eigenvalue weighted by Crippen LogP contribution is 2.36. The third-order valence-corrected chi connectivity index (χ3v) is 5.50. The maximum Gasteiger partial charge on any atom is 0.310 e. The molecule has 2 aliphatic rings. The molecule has 0 N–H and O–H groups in total. The van der Waals surface area contributed by atoms with Gasteiger partial charge in [-0.05, 0) is 31.9 Å². The molecule has 2 saturated heterocycles. The van der Waals surface area contributed by atoms with E-state index in [0.29, 0.717) is 36.9 Å². The summed E-state index contributed by atoms with van der Waals surface area (Å²) in [5.41, 5.74) is 0.593. The van der Waals surface area contributed by atoms with Crippen LogP contribution in [0.4, 0.5) is 5.69 Å². The van der Waals surface area contributed by atoms with E-state index in [2.05, 4.69) is 0 Å². The fourth-order valence-electron chi connectivity index (χ4n) is 4.00. The molecule has 2 aliphatic heterocycles. The van der Waals surface area contributed by atoms with Crippen LogP contribution < -0.4 is 14.4 Å². The van der Waals surface area contributed by atoms with Crippen LogP contribution in [0.2, 0.25) is 0 Å². The van der Waals surface area contributed by atoms with Gasteiger partial charge < -0.3 is 24.0 Å². The Morgan fingerprint density at radius 3 is 2.62 bits per heavy atom. The first-order chi connectivity index (χ1) is 14.0. The third-order valence-electron chi connectivity index (χ3n) is 5.50. The highest BCUT2D eigenvalue weighted by atomic mass is 16.5. The molecule has 1 aromatic carbocycles. The second kappa shape index (κ2) is 9.15. The number of piperidine rings is 1. The van der Waals surface area contributed by atoms with E-state index in [1.165, 1.54) is 7.11 Å². The van der Waals surface area contributed by atoms with Crippen molar-refractivity contribution in [2.24, 2.45) is 11.8 Å². The van der Waals surface area contributed by atoms with Crippen molar-refractivity contribution in [1.82, 2.24) is 4.90 Å². The standard InChI is InChI=1S/C21H28N2O6/c1-4-29-21(26)14-6-5-9-22(12-14)20(25)15-10-19(24)23(13-15)17-11-16(27-2)7-8-18(17)28-3/h7-8,11,14-15H,4-6,9-10,12-13H2,1-3H3/t14-,15-/m0/s1. The monoisotopic (exact) mass is 404 g/mol. The number of rotatable bonds is 6. The van der Waals surface area contributed by atoms with Gasteiger partial charge in [-0.15, -0.1) is 0 Å². The maximum absolute atomic E-state index is 13.1. The van der Waals surface area contributed by atoms with Gasteiger partial charge in [0.2, 0.25) is 11.8 Å². The quantitative estimate of drug-likeness (QED) is 0.673. The van der Waals surface area contributed by atoms with E-state index in [1.807, 2.05) is 0 Å². The lowest BCUT2D eigenvalue weighted by molar-refractivity contribution is -0.152. The highest BCUT2D eigenvalue weighted by Gasteiger charge is 2.40. The van der Waals surface area contributed by atoms with Crippen molar-refractivity contribution in [1.29, 1.82) is 0 Å². The Morgan fingerprint density at radius 2 is 1.93 bits per heavy atom. The van der Waals surface area contributed by atoms with E-state index in [4.69, 9.17) is 14.2 Å². The smallest absolute Gasteiger partial charge is 0.310 e. The predicted molar refractivity (Wildman–Crippen MR) is 106 cm³/mol. The molecule has 2 amide bonds. The Labute approximate surface area is 170 Å². The molecule has 0 spiro atoms. The van der Waals surface area contributed by atoms with Gasteiger partial charge >= 0.3 is 5.97 Å². The van der Waals surface area contributed by atoms with Crippen molar-refractivity contribution in [3.05, 3.63) is 18.2 Å². The van der Waals surface area contributed by atoms with Crippen LogP contribution in [0.5, 0.6) is 11.5 Å². The molecule has 29 heavy (non-hydrogen) atoms. The Morgan fingerprint density at radius 1 is 1.14 bits per heavy atom. The average molecular weight is 404 g/mol. The zero-order valence-corrected chi connectivity index (χ0v) is 17.2. The van der Waals surface area contributed by atoms with E-state index in [9.17, 15) is 14.4 Å². The van der Waals surface area contributed by atoms with Gasteiger partial charge in [0.15, 0.2) is 0 Å². The first-order valence-electron chi connectivity index (χ1n) is 9.96. The van der Waals surface area contributed by atoms with E-state index < -0.39 is 5.92 Å². The van der Waals surface area contributed by atoms with Crippen molar-refractivity contribution in [3.63, 3.8) is 0 Å². The van der Waals surface area contributed by atoms with Gasteiger partial charge in [-0.1, -0.05) is 0 Å².